The van der Waals surface area contributed by atoms with Gasteiger partial charge >= 0.3 is 0 Å². The first kappa shape index (κ1) is 19.9. The number of rotatable bonds is 6. The highest BCUT2D eigenvalue weighted by atomic mass is 32.1. The first-order valence-corrected chi connectivity index (χ1v) is 12.3. The van der Waals surface area contributed by atoms with Gasteiger partial charge in [0.2, 0.25) is 5.91 Å². The fourth-order valence-corrected chi connectivity index (χ4v) is 7.21. The average molecular weight is 444 g/mol. The van der Waals surface area contributed by atoms with Crippen molar-refractivity contribution < 1.29 is 19.4 Å². The molecular weight excluding hydrogens is 414 g/mol. The summed E-state index contributed by atoms with van der Waals surface area (Å²) < 4.78 is 12.1. The molecule has 1 saturated carbocycles. The zero-order valence-electron chi connectivity index (χ0n) is 17.5. The summed E-state index contributed by atoms with van der Waals surface area (Å²) in [5, 5.41) is 11.1. The molecule has 6 rings (SSSR count). The molecule has 1 unspecified atom stereocenters. The predicted molar refractivity (Wildman–Crippen MR) is 117 cm³/mol. The van der Waals surface area contributed by atoms with Crippen molar-refractivity contribution in [2.45, 2.75) is 81.3 Å². The van der Waals surface area contributed by atoms with Crippen LogP contribution in [0, 0.1) is 0 Å². The fraction of sp³-hybridized carbons (Fsp3) is 0.652. The molecule has 0 aromatic carbocycles. The Kier molecular flexibility index (Phi) is 4.94. The number of nitrogens with zero attached hydrogens (tertiary/aromatic N) is 2. The SMILES string of the molecule is NC(=O)[C@@H](O)C[C@H]1CCc2sc3nccc(OC4CCC(N5C[C@H]6OCC65)CC4)c3c21. The van der Waals surface area contributed by atoms with Gasteiger partial charge in [0.25, 0.3) is 0 Å². The molecule has 2 saturated heterocycles. The summed E-state index contributed by atoms with van der Waals surface area (Å²) in [4.78, 5) is 20.9. The number of fused-ring (bicyclic) bond motifs is 4. The summed E-state index contributed by atoms with van der Waals surface area (Å²) in [6.07, 6.45) is 8.21. The molecule has 166 valence electrons. The van der Waals surface area contributed by atoms with E-state index in [9.17, 15) is 9.90 Å². The molecule has 1 amide bonds. The van der Waals surface area contributed by atoms with E-state index in [1.807, 2.05) is 12.3 Å². The zero-order chi connectivity index (χ0) is 21.1. The number of nitrogens with two attached hydrogens (primary N) is 1. The summed E-state index contributed by atoms with van der Waals surface area (Å²) in [5.74, 6) is 0.377. The Hall–Kier alpha value is -1.74. The van der Waals surface area contributed by atoms with Crippen molar-refractivity contribution in [1.29, 1.82) is 0 Å². The number of carbonyl (C=O) groups is 1. The van der Waals surface area contributed by atoms with Crippen molar-refractivity contribution in [3.05, 3.63) is 22.7 Å². The van der Waals surface area contributed by atoms with Gasteiger partial charge < -0.3 is 20.3 Å². The number of aliphatic hydroxyl groups excluding tert-OH is 1. The molecule has 2 aromatic rings. The minimum atomic E-state index is -1.11. The first-order chi connectivity index (χ1) is 15.1. The molecule has 3 fully saturated rings. The highest BCUT2D eigenvalue weighted by molar-refractivity contribution is 7.19. The maximum atomic E-state index is 11.4. The zero-order valence-corrected chi connectivity index (χ0v) is 18.4. The van der Waals surface area contributed by atoms with Crippen molar-refractivity contribution in [2.75, 3.05) is 13.2 Å². The van der Waals surface area contributed by atoms with Crippen LogP contribution in [0.2, 0.25) is 0 Å². The van der Waals surface area contributed by atoms with Crippen molar-refractivity contribution in [3.8, 4) is 5.75 Å². The monoisotopic (exact) mass is 443 g/mol. The number of hydrogen-bond acceptors (Lipinski definition) is 7. The van der Waals surface area contributed by atoms with E-state index in [1.165, 1.54) is 23.3 Å². The Morgan fingerprint density at radius 3 is 2.87 bits per heavy atom. The second-order valence-electron chi connectivity index (χ2n) is 9.50. The second kappa shape index (κ2) is 7.69. The fourth-order valence-electron chi connectivity index (χ4n) is 5.95. The van der Waals surface area contributed by atoms with Gasteiger partial charge in [0.05, 0.1) is 30.2 Å². The molecule has 4 aliphatic rings. The van der Waals surface area contributed by atoms with Crippen LogP contribution in [-0.4, -0.2) is 64.4 Å². The van der Waals surface area contributed by atoms with E-state index in [-0.39, 0.29) is 12.0 Å². The molecule has 0 radical (unpaired) electrons. The highest BCUT2D eigenvalue weighted by Crippen LogP contribution is 2.48. The lowest BCUT2D eigenvalue weighted by molar-refractivity contribution is -0.230. The number of aryl methyl sites for hydroxylation is 1. The number of primary amides is 1. The van der Waals surface area contributed by atoms with Gasteiger partial charge in [-0.2, -0.15) is 0 Å². The number of aliphatic hydroxyl groups is 1. The molecule has 0 bridgehead atoms. The summed E-state index contributed by atoms with van der Waals surface area (Å²) in [5.41, 5.74) is 6.52. The van der Waals surface area contributed by atoms with Crippen LogP contribution in [0.3, 0.4) is 0 Å². The van der Waals surface area contributed by atoms with Gasteiger partial charge in [0, 0.05) is 23.7 Å². The summed E-state index contributed by atoms with van der Waals surface area (Å²) in [7, 11) is 0. The van der Waals surface area contributed by atoms with Gasteiger partial charge in [0.1, 0.15) is 16.7 Å². The molecule has 8 heteroatoms. The van der Waals surface area contributed by atoms with Crippen LogP contribution in [0.4, 0.5) is 0 Å². The number of thiophene rings is 1. The van der Waals surface area contributed by atoms with Gasteiger partial charge in [-0.15, -0.1) is 11.3 Å². The maximum absolute atomic E-state index is 11.4. The average Bonchev–Trinajstić information content (AvgIpc) is 3.31. The Morgan fingerprint density at radius 2 is 2.19 bits per heavy atom. The minimum Gasteiger partial charge on any atom is -0.490 e. The van der Waals surface area contributed by atoms with Gasteiger partial charge in [-0.3, -0.25) is 9.69 Å². The summed E-state index contributed by atoms with van der Waals surface area (Å²) in [6.45, 7) is 2.01. The van der Waals surface area contributed by atoms with Crippen LogP contribution in [0.15, 0.2) is 12.3 Å². The molecule has 3 N–H and O–H groups in total. The minimum absolute atomic E-state index is 0.123. The van der Waals surface area contributed by atoms with Crippen molar-refractivity contribution in [3.63, 3.8) is 0 Å². The van der Waals surface area contributed by atoms with E-state index < -0.39 is 12.0 Å². The summed E-state index contributed by atoms with van der Waals surface area (Å²) >= 11 is 1.72. The number of amides is 1. The quantitative estimate of drug-likeness (QED) is 0.711. The number of pyridine rings is 1. The highest BCUT2D eigenvalue weighted by Gasteiger charge is 2.50. The Balaban J connectivity index is 1.18. The molecule has 7 nitrogen and oxygen atoms in total. The van der Waals surface area contributed by atoms with Crippen LogP contribution in [0.1, 0.15) is 54.9 Å². The van der Waals surface area contributed by atoms with Crippen LogP contribution < -0.4 is 10.5 Å². The van der Waals surface area contributed by atoms with Crippen LogP contribution in [0.5, 0.6) is 5.75 Å². The largest absolute Gasteiger partial charge is 0.490 e. The lowest BCUT2D eigenvalue weighted by Crippen LogP contribution is -2.73. The van der Waals surface area contributed by atoms with E-state index in [1.54, 1.807) is 11.3 Å². The third-order valence-corrected chi connectivity index (χ3v) is 8.94. The van der Waals surface area contributed by atoms with Gasteiger partial charge in [-0.05, 0) is 62.5 Å². The number of aromatic nitrogens is 1. The molecule has 4 atom stereocenters. The van der Waals surface area contributed by atoms with Gasteiger partial charge in [-0.1, -0.05) is 0 Å². The van der Waals surface area contributed by atoms with Crippen LogP contribution in [0.25, 0.3) is 10.2 Å². The van der Waals surface area contributed by atoms with E-state index in [2.05, 4.69) is 9.88 Å². The van der Waals surface area contributed by atoms with Crippen molar-refractivity contribution in [2.24, 2.45) is 5.73 Å². The Labute approximate surface area is 185 Å². The maximum Gasteiger partial charge on any atom is 0.246 e. The predicted octanol–water partition coefficient (Wildman–Crippen LogP) is 2.34. The van der Waals surface area contributed by atoms with Crippen LogP contribution >= 0.6 is 11.3 Å². The number of hydrogen-bond donors (Lipinski definition) is 2. The summed E-state index contributed by atoms with van der Waals surface area (Å²) in [6, 6.07) is 3.32. The number of likely N-dealkylation sites (tertiary alicyclic amines) is 1. The molecular formula is C23H29N3O4S. The molecule has 2 aliphatic heterocycles. The molecule has 0 spiro atoms. The van der Waals surface area contributed by atoms with Crippen molar-refractivity contribution >= 4 is 27.5 Å². The molecule has 31 heavy (non-hydrogen) atoms. The Bertz CT molecular complexity index is 1000. The van der Waals surface area contributed by atoms with E-state index >= 15 is 0 Å². The van der Waals surface area contributed by atoms with Crippen molar-refractivity contribution in [1.82, 2.24) is 9.88 Å². The number of ether oxygens (including phenoxy) is 2. The standard InChI is InChI=1S/C23H29N3O4S/c24-22(28)16(27)9-12-1-6-19-20(12)21-17(7-8-25-23(21)31-19)30-14-4-2-13(3-5-14)26-10-18-15(26)11-29-18/h7-8,12-16,18,27H,1-6,9-11H2,(H2,24,28)/t12-,13?,14?,15?,16+,18-/m1/s1. The third-order valence-electron chi connectivity index (χ3n) is 7.77. The smallest absolute Gasteiger partial charge is 0.246 e. The first-order valence-electron chi connectivity index (χ1n) is 11.5. The Morgan fingerprint density at radius 1 is 1.35 bits per heavy atom. The van der Waals surface area contributed by atoms with E-state index in [0.29, 0.717) is 24.6 Å². The van der Waals surface area contributed by atoms with Gasteiger partial charge in [0.15, 0.2) is 0 Å². The third kappa shape index (κ3) is 3.35. The molecule has 2 aromatic heterocycles. The normalized spacial score (nSPS) is 33.3. The number of carbonyl (C=O) groups excluding carboxylic acids is 1. The second-order valence-corrected chi connectivity index (χ2v) is 10.6. The topological polar surface area (TPSA) is 97.9 Å². The van der Waals surface area contributed by atoms with Gasteiger partial charge in [-0.25, -0.2) is 4.98 Å². The van der Waals surface area contributed by atoms with E-state index in [0.717, 1.165) is 54.8 Å². The van der Waals surface area contributed by atoms with E-state index in [4.69, 9.17) is 15.2 Å². The molecule has 4 heterocycles. The number of morpholine rings is 1. The van der Waals surface area contributed by atoms with Crippen LogP contribution in [-0.2, 0) is 16.0 Å². The molecule has 2 aliphatic carbocycles. The lowest BCUT2D eigenvalue weighted by Gasteiger charge is -2.58. The lowest BCUT2D eigenvalue weighted by atomic mass is 9.85.